The molecule has 1 amide bonds. The third-order valence-corrected chi connectivity index (χ3v) is 5.27. The molecule has 4 rings (SSSR count). The Kier molecular flexibility index (Phi) is 7.79. The zero-order chi connectivity index (χ0) is 25.3. The monoisotopic (exact) mass is 478 g/mol. The van der Waals surface area contributed by atoms with E-state index in [1.54, 1.807) is 41.2 Å². The summed E-state index contributed by atoms with van der Waals surface area (Å²) in [5.41, 5.74) is 3.45. The second kappa shape index (κ2) is 11.5. The molecule has 1 heterocycles. The summed E-state index contributed by atoms with van der Waals surface area (Å²) in [7, 11) is 0. The molecule has 0 spiro atoms. The number of nitrogens with one attached hydrogen (secondary N) is 1. The van der Waals surface area contributed by atoms with E-state index in [1.807, 2.05) is 74.5 Å². The van der Waals surface area contributed by atoms with Crippen molar-refractivity contribution in [2.24, 2.45) is 0 Å². The topological polar surface area (TPSA) is 89.2 Å². The van der Waals surface area contributed by atoms with E-state index < -0.39 is 5.91 Å². The van der Waals surface area contributed by atoms with E-state index in [1.165, 1.54) is 0 Å². The molecule has 7 nitrogen and oxygen atoms in total. The van der Waals surface area contributed by atoms with Gasteiger partial charge in [0.2, 0.25) is 0 Å². The molecule has 3 aromatic carbocycles. The molecule has 0 aliphatic carbocycles. The van der Waals surface area contributed by atoms with Crippen molar-refractivity contribution in [1.82, 2.24) is 9.78 Å². The van der Waals surface area contributed by atoms with Gasteiger partial charge in [0.25, 0.3) is 5.91 Å². The summed E-state index contributed by atoms with van der Waals surface area (Å²) in [6.07, 6.45) is 3.36. The lowest BCUT2D eigenvalue weighted by molar-refractivity contribution is -0.112. The Labute approximate surface area is 210 Å². The zero-order valence-corrected chi connectivity index (χ0v) is 20.1. The number of aromatic nitrogens is 2. The molecule has 1 aromatic heterocycles. The first-order valence-corrected chi connectivity index (χ1v) is 11.7. The molecule has 36 heavy (non-hydrogen) atoms. The number of nitriles is 1. The number of ether oxygens (including phenoxy) is 2. The molecule has 0 unspecified atom stereocenters. The van der Waals surface area contributed by atoms with Crippen LogP contribution in [0.5, 0.6) is 11.5 Å². The van der Waals surface area contributed by atoms with Gasteiger partial charge in [-0.05, 0) is 68.5 Å². The molecule has 4 aromatic rings. The molecule has 0 radical (unpaired) electrons. The van der Waals surface area contributed by atoms with Gasteiger partial charge in [0.05, 0.1) is 18.9 Å². The van der Waals surface area contributed by atoms with Gasteiger partial charge < -0.3 is 14.8 Å². The number of hydrogen-bond acceptors (Lipinski definition) is 5. The standard InChI is InChI=1S/C29H26N4O3/c1-3-35-26-15-13-24(14-16-26)31-29(34)22(19-30)17-23-20-33(25-10-6-5-7-11-25)32-28(23)21-9-8-12-27(18-21)36-4-2/h5-18,20H,3-4H2,1-2H3,(H,31,34)/b22-17-. The first kappa shape index (κ1) is 24.3. The number of benzene rings is 3. The number of hydrogen-bond donors (Lipinski definition) is 1. The van der Waals surface area contributed by atoms with Crippen molar-refractivity contribution in [2.45, 2.75) is 13.8 Å². The third kappa shape index (κ3) is 5.80. The Morgan fingerprint density at radius 1 is 0.972 bits per heavy atom. The van der Waals surface area contributed by atoms with Gasteiger partial charge in [-0.3, -0.25) is 4.79 Å². The van der Waals surface area contributed by atoms with Gasteiger partial charge in [-0.25, -0.2) is 4.68 Å². The van der Waals surface area contributed by atoms with E-state index in [0.29, 0.717) is 41.7 Å². The van der Waals surface area contributed by atoms with Gasteiger partial charge in [-0.1, -0.05) is 30.3 Å². The SMILES string of the molecule is CCOc1ccc(NC(=O)/C(C#N)=C\c2cn(-c3ccccc3)nc2-c2cccc(OCC)c2)cc1. The molecule has 0 aliphatic rings. The fraction of sp³-hybridized carbons (Fsp3) is 0.138. The van der Waals surface area contributed by atoms with Crippen LogP contribution in [0.3, 0.4) is 0 Å². The highest BCUT2D eigenvalue weighted by Gasteiger charge is 2.16. The Morgan fingerprint density at radius 2 is 1.69 bits per heavy atom. The van der Waals surface area contributed by atoms with Gasteiger partial charge in [-0.15, -0.1) is 0 Å². The van der Waals surface area contributed by atoms with Crippen LogP contribution < -0.4 is 14.8 Å². The highest BCUT2D eigenvalue weighted by molar-refractivity contribution is 6.10. The van der Waals surface area contributed by atoms with Gasteiger partial charge in [0, 0.05) is 23.0 Å². The predicted octanol–water partition coefficient (Wildman–Crippen LogP) is 5.88. The molecule has 0 saturated heterocycles. The predicted molar refractivity (Wildman–Crippen MR) is 140 cm³/mol. The Balaban J connectivity index is 1.70. The average molecular weight is 479 g/mol. The summed E-state index contributed by atoms with van der Waals surface area (Å²) >= 11 is 0. The molecule has 0 saturated carbocycles. The maximum absolute atomic E-state index is 12.9. The summed E-state index contributed by atoms with van der Waals surface area (Å²) in [6.45, 7) is 4.92. The molecule has 7 heteroatoms. The van der Waals surface area contributed by atoms with E-state index >= 15 is 0 Å². The summed E-state index contributed by atoms with van der Waals surface area (Å²) in [4.78, 5) is 12.9. The van der Waals surface area contributed by atoms with Crippen LogP contribution in [0.15, 0.2) is 90.6 Å². The van der Waals surface area contributed by atoms with Gasteiger partial charge in [0.1, 0.15) is 28.8 Å². The van der Waals surface area contributed by atoms with E-state index in [0.717, 1.165) is 11.3 Å². The van der Waals surface area contributed by atoms with Crippen molar-refractivity contribution in [1.29, 1.82) is 5.26 Å². The second-order valence-corrected chi connectivity index (χ2v) is 7.76. The Morgan fingerprint density at radius 3 is 2.39 bits per heavy atom. The van der Waals surface area contributed by atoms with Crippen LogP contribution in [0.1, 0.15) is 19.4 Å². The largest absolute Gasteiger partial charge is 0.494 e. The fourth-order valence-corrected chi connectivity index (χ4v) is 3.63. The molecule has 0 fully saturated rings. The molecule has 0 bridgehead atoms. The average Bonchev–Trinajstić information content (AvgIpc) is 3.33. The smallest absolute Gasteiger partial charge is 0.266 e. The third-order valence-electron chi connectivity index (χ3n) is 5.27. The van der Waals surface area contributed by atoms with E-state index in [2.05, 4.69) is 5.32 Å². The van der Waals surface area contributed by atoms with Crippen molar-refractivity contribution < 1.29 is 14.3 Å². The summed E-state index contributed by atoms with van der Waals surface area (Å²) in [5, 5.41) is 17.3. The summed E-state index contributed by atoms with van der Waals surface area (Å²) in [5.74, 6) is 0.912. The normalized spacial score (nSPS) is 11.0. The number of carbonyl (C=O) groups is 1. The minimum Gasteiger partial charge on any atom is -0.494 e. The van der Waals surface area contributed by atoms with Crippen LogP contribution in [0, 0.1) is 11.3 Å². The number of anilines is 1. The van der Waals surface area contributed by atoms with Crippen LogP contribution in [-0.2, 0) is 4.79 Å². The van der Waals surface area contributed by atoms with Gasteiger partial charge in [0.15, 0.2) is 0 Å². The molecular formula is C29H26N4O3. The molecule has 0 aliphatic heterocycles. The summed E-state index contributed by atoms with van der Waals surface area (Å²) < 4.78 is 12.8. The van der Waals surface area contributed by atoms with Crippen LogP contribution in [0.2, 0.25) is 0 Å². The quantitative estimate of drug-likeness (QED) is 0.240. The molecule has 1 N–H and O–H groups in total. The maximum atomic E-state index is 12.9. The van der Waals surface area contributed by atoms with E-state index in [9.17, 15) is 10.1 Å². The van der Waals surface area contributed by atoms with Crippen LogP contribution in [-0.4, -0.2) is 28.9 Å². The van der Waals surface area contributed by atoms with Crippen molar-refractivity contribution in [2.75, 3.05) is 18.5 Å². The Bertz CT molecular complexity index is 1400. The van der Waals surface area contributed by atoms with Gasteiger partial charge >= 0.3 is 0 Å². The van der Waals surface area contributed by atoms with Crippen molar-refractivity contribution in [3.63, 3.8) is 0 Å². The molecule has 180 valence electrons. The highest BCUT2D eigenvalue weighted by Crippen LogP contribution is 2.29. The Hall–Kier alpha value is -4.83. The number of amides is 1. The molecule has 0 atom stereocenters. The zero-order valence-electron chi connectivity index (χ0n) is 20.1. The van der Waals surface area contributed by atoms with Crippen molar-refractivity contribution in [3.05, 3.63) is 96.2 Å². The first-order valence-electron chi connectivity index (χ1n) is 11.7. The van der Waals surface area contributed by atoms with Crippen molar-refractivity contribution >= 4 is 17.7 Å². The number of rotatable bonds is 9. The van der Waals surface area contributed by atoms with Crippen LogP contribution >= 0.6 is 0 Å². The lowest BCUT2D eigenvalue weighted by Gasteiger charge is -2.07. The van der Waals surface area contributed by atoms with E-state index in [-0.39, 0.29) is 5.57 Å². The number of carbonyl (C=O) groups excluding carboxylic acids is 1. The minimum atomic E-state index is -0.511. The lowest BCUT2D eigenvalue weighted by atomic mass is 10.1. The van der Waals surface area contributed by atoms with Crippen LogP contribution in [0.4, 0.5) is 5.69 Å². The van der Waals surface area contributed by atoms with Gasteiger partial charge in [-0.2, -0.15) is 10.4 Å². The first-order chi connectivity index (χ1) is 17.6. The fourth-order valence-electron chi connectivity index (χ4n) is 3.63. The summed E-state index contributed by atoms with van der Waals surface area (Å²) in [6, 6.07) is 26.2. The maximum Gasteiger partial charge on any atom is 0.266 e. The van der Waals surface area contributed by atoms with Crippen LogP contribution in [0.25, 0.3) is 23.0 Å². The molecular weight excluding hydrogens is 452 g/mol. The minimum absolute atomic E-state index is 0.0429. The van der Waals surface area contributed by atoms with Crippen molar-refractivity contribution in [3.8, 4) is 34.5 Å². The highest BCUT2D eigenvalue weighted by atomic mass is 16.5. The second-order valence-electron chi connectivity index (χ2n) is 7.76. The number of para-hydroxylation sites is 1. The van der Waals surface area contributed by atoms with E-state index in [4.69, 9.17) is 14.6 Å². The lowest BCUT2D eigenvalue weighted by Crippen LogP contribution is -2.13. The number of nitrogens with zero attached hydrogens (tertiary/aromatic N) is 3.